The Morgan fingerprint density at radius 2 is 2.28 bits per heavy atom. The molecule has 98 valence electrons. The number of nitrogens with two attached hydrogens (primary N) is 1. The van der Waals surface area contributed by atoms with Gasteiger partial charge in [0.15, 0.2) is 11.5 Å². The van der Waals surface area contributed by atoms with Crippen LogP contribution in [0.3, 0.4) is 0 Å². The van der Waals surface area contributed by atoms with Crippen molar-refractivity contribution in [2.45, 2.75) is 25.3 Å². The Kier molecular flexibility index (Phi) is 3.14. The normalized spacial score (nSPS) is 30.4. The van der Waals surface area contributed by atoms with Crippen LogP contribution >= 0.6 is 0 Å². The second-order valence-corrected chi connectivity index (χ2v) is 5.23. The smallest absolute Gasteiger partial charge is 0.231 e. The molecule has 1 aromatic carbocycles. The summed E-state index contributed by atoms with van der Waals surface area (Å²) in [6.07, 6.45) is 1.10. The fourth-order valence-electron chi connectivity index (χ4n) is 3.02. The lowest BCUT2D eigenvalue weighted by molar-refractivity contribution is 0.171. The zero-order valence-corrected chi connectivity index (χ0v) is 10.7. The van der Waals surface area contributed by atoms with Crippen molar-refractivity contribution in [3.05, 3.63) is 23.8 Å². The summed E-state index contributed by atoms with van der Waals surface area (Å²) >= 11 is 0. The summed E-state index contributed by atoms with van der Waals surface area (Å²) in [6, 6.07) is 6.69. The molecule has 3 rings (SSSR count). The van der Waals surface area contributed by atoms with E-state index >= 15 is 0 Å². The molecule has 4 heteroatoms. The van der Waals surface area contributed by atoms with Crippen LogP contribution in [0.25, 0.3) is 0 Å². The highest BCUT2D eigenvalue weighted by atomic mass is 16.7. The van der Waals surface area contributed by atoms with E-state index in [9.17, 15) is 0 Å². The van der Waals surface area contributed by atoms with Gasteiger partial charge in [0.05, 0.1) is 0 Å². The summed E-state index contributed by atoms with van der Waals surface area (Å²) < 4.78 is 11.1. The number of benzene rings is 1. The minimum atomic E-state index is 0.333. The average Bonchev–Trinajstić information content (AvgIpc) is 2.86. The largest absolute Gasteiger partial charge is 0.454 e. The highest BCUT2D eigenvalue weighted by Crippen LogP contribution is 2.43. The molecular formula is C14H20N2O2. The first-order valence-electron chi connectivity index (χ1n) is 6.61. The number of ether oxygens (including phenoxy) is 2. The number of piperidine rings is 1. The second kappa shape index (κ2) is 4.78. The van der Waals surface area contributed by atoms with Gasteiger partial charge in [-0.2, -0.15) is 0 Å². The molecule has 3 N–H and O–H groups in total. The number of hydrogen-bond donors (Lipinski definition) is 2. The van der Waals surface area contributed by atoms with Crippen LogP contribution in [-0.4, -0.2) is 25.9 Å². The number of rotatable bonds is 2. The van der Waals surface area contributed by atoms with Crippen molar-refractivity contribution in [1.29, 1.82) is 0 Å². The Bertz CT molecular complexity index is 436. The number of hydrogen-bond acceptors (Lipinski definition) is 4. The minimum absolute atomic E-state index is 0.333. The first-order valence-corrected chi connectivity index (χ1v) is 6.61. The molecule has 2 aliphatic rings. The first kappa shape index (κ1) is 11.8. The molecule has 3 atom stereocenters. The summed E-state index contributed by atoms with van der Waals surface area (Å²) in [6.45, 7) is 4.24. The third-order valence-electron chi connectivity index (χ3n) is 4.03. The third kappa shape index (κ3) is 1.95. The van der Waals surface area contributed by atoms with Crippen molar-refractivity contribution in [2.75, 3.05) is 19.9 Å². The maximum atomic E-state index is 5.91. The molecule has 0 saturated carbocycles. The SMILES string of the molecule is CC1CC(c2cccc3c2OCO3)C(CN)CN1. The highest BCUT2D eigenvalue weighted by Gasteiger charge is 2.32. The van der Waals surface area contributed by atoms with E-state index in [-0.39, 0.29) is 0 Å². The van der Waals surface area contributed by atoms with Gasteiger partial charge in [-0.1, -0.05) is 12.1 Å². The van der Waals surface area contributed by atoms with Gasteiger partial charge in [-0.15, -0.1) is 0 Å². The van der Waals surface area contributed by atoms with Crippen molar-refractivity contribution in [2.24, 2.45) is 11.7 Å². The molecular weight excluding hydrogens is 228 g/mol. The summed E-state index contributed by atoms with van der Waals surface area (Å²) in [5, 5.41) is 3.50. The van der Waals surface area contributed by atoms with Crippen molar-refractivity contribution in [1.82, 2.24) is 5.32 Å². The lowest BCUT2D eigenvalue weighted by Gasteiger charge is -2.35. The zero-order valence-electron chi connectivity index (χ0n) is 10.7. The molecule has 1 saturated heterocycles. The quantitative estimate of drug-likeness (QED) is 0.832. The first-order chi connectivity index (χ1) is 8.79. The fourth-order valence-corrected chi connectivity index (χ4v) is 3.02. The van der Waals surface area contributed by atoms with E-state index in [1.165, 1.54) is 5.56 Å². The summed E-state index contributed by atoms with van der Waals surface area (Å²) in [7, 11) is 0. The van der Waals surface area contributed by atoms with Crippen LogP contribution in [0.5, 0.6) is 11.5 Å². The van der Waals surface area contributed by atoms with Crippen molar-refractivity contribution in [3.63, 3.8) is 0 Å². The standard InChI is InChI=1S/C14H20N2O2/c1-9-5-12(10(6-15)7-16-9)11-3-2-4-13-14(11)18-8-17-13/h2-4,9-10,12,16H,5-8,15H2,1H3. The van der Waals surface area contributed by atoms with Gasteiger partial charge >= 0.3 is 0 Å². The molecule has 0 aromatic heterocycles. The van der Waals surface area contributed by atoms with Crippen LogP contribution in [-0.2, 0) is 0 Å². The maximum absolute atomic E-state index is 5.91. The van der Waals surface area contributed by atoms with Gasteiger partial charge in [0.1, 0.15) is 0 Å². The van der Waals surface area contributed by atoms with Gasteiger partial charge in [-0.05, 0) is 44.3 Å². The molecule has 0 bridgehead atoms. The van der Waals surface area contributed by atoms with Crippen LogP contribution in [0.1, 0.15) is 24.8 Å². The number of nitrogens with one attached hydrogen (secondary N) is 1. The molecule has 3 unspecified atom stereocenters. The molecule has 0 spiro atoms. The minimum Gasteiger partial charge on any atom is -0.454 e. The van der Waals surface area contributed by atoms with E-state index < -0.39 is 0 Å². The second-order valence-electron chi connectivity index (χ2n) is 5.23. The van der Waals surface area contributed by atoms with Crippen molar-refractivity contribution >= 4 is 0 Å². The maximum Gasteiger partial charge on any atom is 0.231 e. The van der Waals surface area contributed by atoms with Crippen LogP contribution < -0.4 is 20.5 Å². The number of fused-ring (bicyclic) bond motifs is 1. The average molecular weight is 248 g/mol. The molecule has 0 amide bonds. The zero-order chi connectivity index (χ0) is 12.5. The summed E-state index contributed by atoms with van der Waals surface area (Å²) in [5.74, 6) is 2.73. The number of para-hydroxylation sites is 1. The molecule has 18 heavy (non-hydrogen) atoms. The van der Waals surface area contributed by atoms with Crippen LogP contribution in [0.4, 0.5) is 0 Å². The van der Waals surface area contributed by atoms with Gasteiger partial charge in [0.2, 0.25) is 6.79 Å². The van der Waals surface area contributed by atoms with Crippen LogP contribution in [0.15, 0.2) is 18.2 Å². The predicted octanol–water partition coefficient (Wildman–Crippen LogP) is 1.46. The molecule has 4 nitrogen and oxygen atoms in total. The highest BCUT2D eigenvalue weighted by molar-refractivity contribution is 5.50. The Hall–Kier alpha value is -1.26. The van der Waals surface area contributed by atoms with E-state index in [2.05, 4.69) is 18.3 Å². The van der Waals surface area contributed by atoms with Gasteiger partial charge in [0, 0.05) is 11.6 Å². The van der Waals surface area contributed by atoms with E-state index in [1.54, 1.807) is 0 Å². The summed E-state index contributed by atoms with van der Waals surface area (Å²) in [5.41, 5.74) is 7.17. The Labute approximate surface area is 107 Å². The Balaban J connectivity index is 1.95. The van der Waals surface area contributed by atoms with E-state index in [0.29, 0.717) is 31.2 Å². The van der Waals surface area contributed by atoms with Gasteiger partial charge in [-0.3, -0.25) is 0 Å². The Morgan fingerprint density at radius 3 is 3.11 bits per heavy atom. The summed E-state index contributed by atoms with van der Waals surface area (Å²) in [4.78, 5) is 0. The molecule has 1 aromatic rings. The topological polar surface area (TPSA) is 56.5 Å². The predicted molar refractivity (Wildman–Crippen MR) is 69.9 cm³/mol. The molecule has 1 fully saturated rings. The van der Waals surface area contributed by atoms with Crippen molar-refractivity contribution in [3.8, 4) is 11.5 Å². The van der Waals surface area contributed by atoms with E-state index in [0.717, 1.165) is 24.5 Å². The monoisotopic (exact) mass is 248 g/mol. The van der Waals surface area contributed by atoms with Gasteiger partial charge < -0.3 is 20.5 Å². The lowest BCUT2D eigenvalue weighted by Crippen LogP contribution is -2.44. The molecule has 0 radical (unpaired) electrons. The third-order valence-corrected chi connectivity index (χ3v) is 4.03. The van der Waals surface area contributed by atoms with Crippen molar-refractivity contribution < 1.29 is 9.47 Å². The fraction of sp³-hybridized carbons (Fsp3) is 0.571. The van der Waals surface area contributed by atoms with E-state index in [1.807, 2.05) is 12.1 Å². The molecule has 2 heterocycles. The van der Waals surface area contributed by atoms with Crippen LogP contribution in [0, 0.1) is 5.92 Å². The molecule has 2 aliphatic heterocycles. The Morgan fingerprint density at radius 1 is 1.39 bits per heavy atom. The van der Waals surface area contributed by atoms with Gasteiger partial charge in [-0.25, -0.2) is 0 Å². The van der Waals surface area contributed by atoms with E-state index in [4.69, 9.17) is 15.2 Å². The molecule has 0 aliphatic carbocycles. The van der Waals surface area contributed by atoms with Gasteiger partial charge in [0.25, 0.3) is 0 Å². The van der Waals surface area contributed by atoms with Crippen LogP contribution in [0.2, 0.25) is 0 Å². The lowest BCUT2D eigenvalue weighted by atomic mass is 9.78.